The summed E-state index contributed by atoms with van der Waals surface area (Å²) in [5, 5.41) is 0.392. The maximum Gasteiger partial charge on any atom is 0.329 e. The van der Waals surface area contributed by atoms with Crippen LogP contribution >= 0.6 is 11.3 Å². The second-order valence-electron chi connectivity index (χ2n) is 7.98. The normalized spacial score (nSPS) is 11.2. The highest BCUT2D eigenvalue weighted by atomic mass is 32.1. The number of carbonyl (C=O) groups excluding carboxylic acids is 1. The zero-order valence-electron chi connectivity index (χ0n) is 18.7. The van der Waals surface area contributed by atoms with Gasteiger partial charge in [0.2, 0.25) is 0 Å². The maximum absolute atomic E-state index is 13.5. The summed E-state index contributed by atoms with van der Waals surface area (Å²) >= 11 is 1.35. The highest BCUT2D eigenvalue weighted by Gasteiger charge is 2.22. The number of carbonyl (C=O) groups is 1. The van der Waals surface area contributed by atoms with Gasteiger partial charge in [0.15, 0.2) is 5.78 Å². The van der Waals surface area contributed by atoms with E-state index in [4.69, 9.17) is 4.74 Å². The molecule has 0 aliphatic heterocycles. The smallest absolute Gasteiger partial charge is 0.329 e. The molecule has 0 unspecified atom stereocenters. The molecule has 2 aromatic heterocycles. The van der Waals surface area contributed by atoms with Gasteiger partial charge in [-0.3, -0.25) is 19.1 Å². The number of hydrogen-bond acceptors (Lipinski definition) is 5. The summed E-state index contributed by atoms with van der Waals surface area (Å²) in [5.74, 6) is 0.350. The molecular formula is C25H24N2O4S. The number of Topliss-reactive ketones (excluding diaryl/α,β-unsaturated/α-hetero) is 1. The fourth-order valence-electron chi connectivity index (χ4n) is 3.86. The van der Waals surface area contributed by atoms with Crippen molar-refractivity contribution in [2.75, 3.05) is 7.11 Å². The molecule has 0 atom stereocenters. The number of methoxy groups -OCH3 is 1. The number of hydrogen-bond donors (Lipinski definition) is 1. The average molecular weight is 449 g/mol. The molecule has 4 aromatic rings. The molecule has 2 heterocycles. The van der Waals surface area contributed by atoms with Crippen molar-refractivity contribution in [3.63, 3.8) is 0 Å². The van der Waals surface area contributed by atoms with Gasteiger partial charge < -0.3 is 4.74 Å². The highest BCUT2D eigenvalue weighted by Crippen LogP contribution is 2.40. The summed E-state index contributed by atoms with van der Waals surface area (Å²) < 4.78 is 6.52. The van der Waals surface area contributed by atoms with E-state index in [0.29, 0.717) is 21.5 Å². The molecule has 7 heteroatoms. The number of rotatable bonds is 5. The van der Waals surface area contributed by atoms with Crippen LogP contribution in [0.25, 0.3) is 21.3 Å². The minimum absolute atomic E-state index is 0.290. The highest BCUT2D eigenvalue weighted by molar-refractivity contribution is 7.19. The van der Waals surface area contributed by atoms with Crippen molar-refractivity contribution in [2.24, 2.45) is 0 Å². The van der Waals surface area contributed by atoms with Crippen molar-refractivity contribution >= 4 is 27.3 Å². The Balaban J connectivity index is 1.90. The lowest BCUT2D eigenvalue weighted by Crippen LogP contribution is -2.37. The Labute approximate surface area is 189 Å². The number of ether oxygens (including phenoxy) is 1. The molecule has 6 nitrogen and oxygen atoms in total. The number of benzene rings is 2. The molecule has 0 amide bonds. The number of H-pyrrole nitrogens is 1. The topological polar surface area (TPSA) is 81.2 Å². The summed E-state index contributed by atoms with van der Waals surface area (Å²) in [6.07, 6.45) is 0. The first-order chi connectivity index (χ1) is 15.2. The third kappa shape index (κ3) is 3.69. The van der Waals surface area contributed by atoms with Gasteiger partial charge in [-0.1, -0.05) is 23.8 Å². The number of thiophene rings is 1. The van der Waals surface area contributed by atoms with E-state index in [9.17, 15) is 14.4 Å². The predicted octanol–water partition coefficient (Wildman–Crippen LogP) is 4.54. The van der Waals surface area contributed by atoms with Crippen LogP contribution in [0.4, 0.5) is 0 Å². The molecule has 0 fully saturated rings. The SMILES string of the molecule is COc1ccc(C)cc1-c1c(C)sc2[nH]c(=O)n(CC(=O)c3ccc(C)c(C)c3)c(=O)c12. The number of nitrogens with one attached hydrogen (secondary N) is 1. The fourth-order valence-corrected chi connectivity index (χ4v) is 4.91. The molecule has 0 saturated carbocycles. The van der Waals surface area contributed by atoms with Crippen LogP contribution in [-0.4, -0.2) is 22.4 Å². The van der Waals surface area contributed by atoms with Crippen LogP contribution in [0.3, 0.4) is 0 Å². The monoisotopic (exact) mass is 448 g/mol. The van der Waals surface area contributed by atoms with Gasteiger partial charge in [-0.15, -0.1) is 11.3 Å². The molecule has 2 aromatic carbocycles. The minimum Gasteiger partial charge on any atom is -0.496 e. The van der Waals surface area contributed by atoms with Crippen molar-refractivity contribution < 1.29 is 9.53 Å². The minimum atomic E-state index is -0.594. The zero-order valence-corrected chi connectivity index (χ0v) is 19.5. The van der Waals surface area contributed by atoms with Gasteiger partial charge >= 0.3 is 5.69 Å². The van der Waals surface area contributed by atoms with E-state index in [-0.39, 0.29) is 12.3 Å². The molecule has 0 aliphatic carbocycles. The quantitative estimate of drug-likeness (QED) is 0.455. The lowest BCUT2D eigenvalue weighted by Gasteiger charge is -2.11. The molecular weight excluding hydrogens is 424 g/mol. The Bertz CT molecular complexity index is 1490. The van der Waals surface area contributed by atoms with Gasteiger partial charge in [0.1, 0.15) is 10.6 Å². The number of fused-ring (bicyclic) bond motifs is 1. The van der Waals surface area contributed by atoms with Gasteiger partial charge in [0.05, 0.1) is 19.0 Å². The van der Waals surface area contributed by atoms with E-state index < -0.39 is 11.2 Å². The van der Waals surface area contributed by atoms with E-state index in [1.54, 1.807) is 19.2 Å². The van der Waals surface area contributed by atoms with Crippen molar-refractivity contribution in [1.29, 1.82) is 0 Å². The maximum atomic E-state index is 13.5. The number of ketones is 1. The Morgan fingerprint density at radius 1 is 1.03 bits per heavy atom. The van der Waals surface area contributed by atoms with Crippen molar-refractivity contribution in [3.8, 4) is 16.9 Å². The summed E-state index contributed by atoms with van der Waals surface area (Å²) in [6, 6.07) is 11.1. The first-order valence-corrected chi connectivity index (χ1v) is 11.0. The molecule has 1 N–H and O–H groups in total. The van der Waals surface area contributed by atoms with Crippen molar-refractivity contribution in [1.82, 2.24) is 9.55 Å². The number of aryl methyl sites for hydroxylation is 4. The lowest BCUT2D eigenvalue weighted by atomic mass is 10.0. The predicted molar refractivity (Wildman–Crippen MR) is 128 cm³/mol. The van der Waals surface area contributed by atoms with Crippen LogP contribution in [-0.2, 0) is 6.54 Å². The van der Waals surface area contributed by atoms with Crippen LogP contribution < -0.4 is 16.0 Å². The van der Waals surface area contributed by atoms with Crippen LogP contribution in [0.2, 0.25) is 0 Å². The second kappa shape index (κ2) is 8.24. The van der Waals surface area contributed by atoms with Gasteiger partial charge in [0.25, 0.3) is 5.56 Å². The molecule has 4 rings (SSSR count). The van der Waals surface area contributed by atoms with Gasteiger partial charge in [0, 0.05) is 21.6 Å². The number of aromatic nitrogens is 2. The molecule has 0 saturated heterocycles. The van der Waals surface area contributed by atoms with E-state index in [1.807, 2.05) is 52.0 Å². The van der Waals surface area contributed by atoms with Crippen molar-refractivity contribution in [3.05, 3.63) is 84.4 Å². The van der Waals surface area contributed by atoms with Gasteiger partial charge in [-0.05, 0) is 57.0 Å². The number of nitrogens with zero attached hydrogens (tertiary/aromatic N) is 1. The fraction of sp³-hybridized carbons (Fsp3) is 0.240. The molecule has 0 spiro atoms. The van der Waals surface area contributed by atoms with Crippen LogP contribution in [0.15, 0.2) is 46.0 Å². The van der Waals surface area contributed by atoms with Crippen LogP contribution in [0.5, 0.6) is 5.75 Å². The van der Waals surface area contributed by atoms with Crippen molar-refractivity contribution in [2.45, 2.75) is 34.2 Å². The first kappa shape index (κ1) is 21.8. The summed E-state index contributed by atoms with van der Waals surface area (Å²) in [4.78, 5) is 43.3. The van der Waals surface area contributed by atoms with Crippen LogP contribution in [0, 0.1) is 27.7 Å². The average Bonchev–Trinajstić information content (AvgIpc) is 3.08. The van der Waals surface area contributed by atoms with E-state index in [2.05, 4.69) is 4.98 Å². The second-order valence-corrected chi connectivity index (χ2v) is 9.21. The Hall–Kier alpha value is -3.45. The zero-order chi connectivity index (χ0) is 23.2. The Kier molecular flexibility index (Phi) is 5.60. The molecule has 164 valence electrons. The third-order valence-corrected chi connectivity index (χ3v) is 6.78. The summed E-state index contributed by atoms with van der Waals surface area (Å²) in [7, 11) is 1.58. The van der Waals surface area contributed by atoms with Gasteiger partial charge in [-0.2, -0.15) is 0 Å². The Morgan fingerprint density at radius 3 is 2.47 bits per heavy atom. The van der Waals surface area contributed by atoms with Gasteiger partial charge in [-0.25, -0.2) is 4.79 Å². The molecule has 32 heavy (non-hydrogen) atoms. The first-order valence-electron chi connectivity index (χ1n) is 10.2. The lowest BCUT2D eigenvalue weighted by molar-refractivity contribution is 0.0969. The Morgan fingerprint density at radius 2 is 1.78 bits per heavy atom. The molecule has 0 aliphatic rings. The summed E-state index contributed by atoms with van der Waals surface area (Å²) in [5.41, 5.74) is 3.98. The summed E-state index contributed by atoms with van der Waals surface area (Å²) in [6.45, 7) is 7.44. The molecule has 0 radical (unpaired) electrons. The third-order valence-electron chi connectivity index (χ3n) is 5.76. The van der Waals surface area contributed by atoms with Crippen LogP contribution in [0.1, 0.15) is 31.9 Å². The van der Waals surface area contributed by atoms with E-state index >= 15 is 0 Å². The van der Waals surface area contributed by atoms with E-state index in [0.717, 1.165) is 37.3 Å². The number of aromatic amines is 1. The largest absolute Gasteiger partial charge is 0.496 e. The van der Waals surface area contributed by atoms with E-state index in [1.165, 1.54) is 11.3 Å². The standard InChI is InChI=1S/C25H24N2O4S/c1-13-6-9-20(31-5)18(10-13)21-16(4)32-23-22(21)24(29)27(25(30)26-23)12-19(28)17-8-7-14(2)15(3)11-17/h6-11H,12H2,1-5H3,(H,26,30). The molecule has 0 bridgehead atoms.